The van der Waals surface area contributed by atoms with Crippen molar-refractivity contribution in [2.75, 3.05) is 11.9 Å². The molecule has 2 nitrogen and oxygen atoms in total. The fraction of sp³-hybridized carbons (Fsp3) is 0.500. The molecule has 1 heterocycles. The van der Waals surface area contributed by atoms with Gasteiger partial charge in [0.15, 0.2) is 0 Å². The number of thiophene rings is 1. The van der Waals surface area contributed by atoms with Crippen molar-refractivity contribution in [1.29, 1.82) is 0 Å². The second kappa shape index (κ2) is 4.85. The topological polar surface area (TPSA) is 20.3 Å². The lowest BCUT2D eigenvalue weighted by Crippen LogP contribution is -2.34. The first kappa shape index (κ1) is 11.4. The summed E-state index contributed by atoms with van der Waals surface area (Å²) in [4.78, 5) is 14.8. The maximum atomic E-state index is 12.1. The Balaban J connectivity index is 2.10. The van der Waals surface area contributed by atoms with E-state index in [0.29, 0.717) is 10.4 Å². The van der Waals surface area contributed by atoms with Gasteiger partial charge in [0.05, 0.1) is 9.21 Å². The molecule has 1 fully saturated rings. The smallest absolute Gasteiger partial charge is 0.264 e. The Kier molecular flexibility index (Phi) is 3.69. The third kappa shape index (κ3) is 2.74. The highest BCUT2D eigenvalue weighted by Crippen LogP contribution is 2.30. The van der Waals surface area contributed by atoms with Crippen LogP contribution in [-0.4, -0.2) is 28.7 Å². The van der Waals surface area contributed by atoms with Gasteiger partial charge in [-0.15, -0.1) is 11.3 Å². The summed E-state index contributed by atoms with van der Waals surface area (Å²) in [5, 5.41) is 0.828. The van der Waals surface area contributed by atoms with Crippen molar-refractivity contribution in [2.45, 2.75) is 18.9 Å². The summed E-state index contributed by atoms with van der Waals surface area (Å²) in [5.74, 6) is 0.119. The molecular weight excluding hydrogens is 298 g/mol. The van der Waals surface area contributed by atoms with Crippen LogP contribution in [0.15, 0.2) is 12.1 Å². The predicted octanol–water partition coefficient (Wildman–Crippen LogP) is 3.40. The minimum Gasteiger partial charge on any atom is -0.334 e. The Morgan fingerprint density at radius 3 is 2.80 bits per heavy atom. The van der Waals surface area contributed by atoms with Gasteiger partial charge < -0.3 is 4.90 Å². The molecule has 0 aliphatic heterocycles. The van der Waals surface area contributed by atoms with Crippen molar-refractivity contribution in [3.05, 3.63) is 21.3 Å². The van der Waals surface area contributed by atoms with Gasteiger partial charge in [0, 0.05) is 17.9 Å². The molecule has 82 valence electrons. The lowest BCUT2D eigenvalue weighted by molar-refractivity contribution is 0.0759. The van der Waals surface area contributed by atoms with Gasteiger partial charge in [-0.25, -0.2) is 0 Å². The van der Waals surface area contributed by atoms with Crippen LogP contribution >= 0.6 is 38.9 Å². The number of carbonyl (C=O) groups excluding carboxylic acids is 1. The van der Waals surface area contributed by atoms with Gasteiger partial charge >= 0.3 is 0 Å². The highest BCUT2D eigenvalue weighted by atomic mass is 79.9. The van der Waals surface area contributed by atoms with Crippen LogP contribution in [0.5, 0.6) is 0 Å². The molecule has 2 rings (SSSR count). The van der Waals surface area contributed by atoms with E-state index in [1.807, 2.05) is 4.90 Å². The van der Waals surface area contributed by atoms with Crippen molar-refractivity contribution >= 4 is 44.8 Å². The standard InChI is InChI=1S/C10H11BrClNOS/c11-5-6-13(7-1-2-7)10(14)8-3-4-9(12)15-8/h3-4,7H,1-2,5-6H2. The van der Waals surface area contributed by atoms with Crippen LogP contribution in [0, 0.1) is 0 Å². The monoisotopic (exact) mass is 307 g/mol. The summed E-state index contributed by atoms with van der Waals surface area (Å²) in [5.41, 5.74) is 0. The molecule has 0 bridgehead atoms. The summed E-state index contributed by atoms with van der Waals surface area (Å²) in [6.45, 7) is 0.777. The summed E-state index contributed by atoms with van der Waals surface area (Å²) < 4.78 is 0.674. The van der Waals surface area contributed by atoms with Gasteiger partial charge in [-0.2, -0.15) is 0 Å². The van der Waals surface area contributed by atoms with E-state index in [4.69, 9.17) is 11.6 Å². The second-order valence-electron chi connectivity index (χ2n) is 3.52. The molecule has 1 aliphatic rings. The first-order valence-electron chi connectivity index (χ1n) is 4.84. The predicted molar refractivity (Wildman–Crippen MR) is 67.2 cm³/mol. The SMILES string of the molecule is O=C(c1ccc(Cl)s1)N(CCBr)C1CC1. The van der Waals surface area contributed by atoms with E-state index in [-0.39, 0.29) is 5.91 Å². The molecule has 1 aromatic rings. The van der Waals surface area contributed by atoms with E-state index < -0.39 is 0 Å². The number of carbonyl (C=O) groups is 1. The van der Waals surface area contributed by atoms with Crippen LogP contribution in [0.3, 0.4) is 0 Å². The van der Waals surface area contributed by atoms with Gasteiger partial charge in [-0.05, 0) is 25.0 Å². The third-order valence-electron chi connectivity index (χ3n) is 2.36. The number of halogens is 2. The summed E-state index contributed by atoms with van der Waals surface area (Å²) >= 11 is 10.5. The van der Waals surface area contributed by atoms with Crippen molar-refractivity contribution in [2.24, 2.45) is 0 Å². The molecule has 0 aromatic carbocycles. The highest BCUT2D eigenvalue weighted by molar-refractivity contribution is 9.09. The maximum Gasteiger partial charge on any atom is 0.264 e. The molecule has 1 amide bonds. The molecule has 1 saturated carbocycles. The molecule has 0 atom stereocenters. The van der Waals surface area contributed by atoms with E-state index in [0.717, 1.165) is 29.6 Å². The van der Waals surface area contributed by atoms with Crippen LogP contribution in [0.2, 0.25) is 4.34 Å². The zero-order chi connectivity index (χ0) is 10.8. The van der Waals surface area contributed by atoms with Crippen molar-refractivity contribution in [1.82, 2.24) is 4.90 Å². The Morgan fingerprint density at radius 1 is 1.60 bits per heavy atom. The van der Waals surface area contributed by atoms with Gasteiger partial charge in [-0.3, -0.25) is 4.79 Å². The molecule has 0 radical (unpaired) electrons. The van der Waals surface area contributed by atoms with E-state index >= 15 is 0 Å². The molecule has 1 aliphatic carbocycles. The Hall–Kier alpha value is -0.0600. The van der Waals surface area contributed by atoms with Crippen LogP contribution in [0.4, 0.5) is 0 Å². The van der Waals surface area contributed by atoms with Crippen LogP contribution in [-0.2, 0) is 0 Å². The van der Waals surface area contributed by atoms with Gasteiger partial charge in [-0.1, -0.05) is 27.5 Å². The van der Waals surface area contributed by atoms with Crippen molar-refractivity contribution < 1.29 is 4.79 Å². The fourth-order valence-electron chi connectivity index (χ4n) is 1.50. The normalized spacial score (nSPS) is 15.3. The third-order valence-corrected chi connectivity index (χ3v) is 3.93. The molecule has 0 spiro atoms. The quantitative estimate of drug-likeness (QED) is 0.781. The minimum absolute atomic E-state index is 0.119. The van der Waals surface area contributed by atoms with Crippen molar-refractivity contribution in [3.8, 4) is 0 Å². The van der Waals surface area contributed by atoms with Gasteiger partial charge in [0.2, 0.25) is 0 Å². The zero-order valence-electron chi connectivity index (χ0n) is 8.08. The summed E-state index contributed by atoms with van der Waals surface area (Å²) in [6.07, 6.45) is 2.27. The minimum atomic E-state index is 0.119. The van der Waals surface area contributed by atoms with E-state index in [2.05, 4.69) is 15.9 Å². The lowest BCUT2D eigenvalue weighted by Gasteiger charge is -2.20. The number of amides is 1. The zero-order valence-corrected chi connectivity index (χ0v) is 11.2. The van der Waals surface area contributed by atoms with E-state index in [1.165, 1.54) is 11.3 Å². The van der Waals surface area contributed by atoms with E-state index in [9.17, 15) is 4.79 Å². The molecule has 15 heavy (non-hydrogen) atoms. The Bertz CT molecular complexity index is 364. The van der Waals surface area contributed by atoms with Crippen LogP contribution in [0.25, 0.3) is 0 Å². The van der Waals surface area contributed by atoms with Gasteiger partial charge in [0.25, 0.3) is 5.91 Å². The van der Waals surface area contributed by atoms with Crippen LogP contribution in [0.1, 0.15) is 22.5 Å². The summed E-state index contributed by atoms with van der Waals surface area (Å²) in [7, 11) is 0. The number of hydrogen-bond donors (Lipinski definition) is 0. The molecule has 1 aromatic heterocycles. The number of nitrogens with zero attached hydrogens (tertiary/aromatic N) is 1. The molecule has 5 heteroatoms. The maximum absolute atomic E-state index is 12.1. The molecule has 0 unspecified atom stereocenters. The second-order valence-corrected chi connectivity index (χ2v) is 6.03. The fourth-order valence-corrected chi connectivity index (χ4v) is 2.88. The molecular formula is C10H11BrClNOS. The van der Waals surface area contributed by atoms with Crippen molar-refractivity contribution in [3.63, 3.8) is 0 Å². The van der Waals surface area contributed by atoms with Crippen LogP contribution < -0.4 is 0 Å². The first-order chi connectivity index (χ1) is 7.22. The van der Waals surface area contributed by atoms with E-state index in [1.54, 1.807) is 12.1 Å². The first-order valence-corrected chi connectivity index (χ1v) is 7.16. The molecule has 0 N–H and O–H groups in total. The highest BCUT2D eigenvalue weighted by Gasteiger charge is 2.32. The number of hydrogen-bond acceptors (Lipinski definition) is 2. The average Bonchev–Trinajstić information content (AvgIpc) is 2.96. The molecule has 0 saturated heterocycles. The lowest BCUT2D eigenvalue weighted by atomic mass is 10.4. The summed E-state index contributed by atoms with van der Waals surface area (Å²) in [6, 6.07) is 4.04. The Morgan fingerprint density at radius 2 is 2.33 bits per heavy atom. The number of alkyl halides is 1. The van der Waals surface area contributed by atoms with Gasteiger partial charge in [0.1, 0.15) is 0 Å². The Labute approximate surface area is 106 Å². The average molecular weight is 309 g/mol. The largest absolute Gasteiger partial charge is 0.334 e. The number of rotatable bonds is 4.